The third-order valence-corrected chi connectivity index (χ3v) is 3.48. The molecule has 3 N–H and O–H groups in total. The van der Waals surface area contributed by atoms with E-state index in [4.69, 9.17) is 10.2 Å². The molecule has 1 aliphatic carbocycles. The lowest BCUT2D eigenvalue weighted by Gasteiger charge is -2.28. The number of rotatable bonds is 5. The summed E-state index contributed by atoms with van der Waals surface area (Å²) in [5.41, 5.74) is 0. The zero-order chi connectivity index (χ0) is 12.8. The molecule has 1 rings (SSSR count). The molecule has 0 unspecified atom stereocenters. The number of carboxylic acids is 1. The van der Waals surface area contributed by atoms with Crippen LogP contribution in [-0.2, 0) is 9.59 Å². The van der Waals surface area contributed by atoms with E-state index in [0.29, 0.717) is 19.3 Å². The van der Waals surface area contributed by atoms with Crippen LogP contribution in [0.2, 0.25) is 0 Å². The van der Waals surface area contributed by atoms with Gasteiger partial charge in [-0.25, -0.2) is 0 Å². The molecule has 0 radical (unpaired) electrons. The van der Waals surface area contributed by atoms with Gasteiger partial charge in [-0.2, -0.15) is 0 Å². The first-order valence-electron chi connectivity index (χ1n) is 6.24. The minimum Gasteiger partial charge on any atom is -0.481 e. The Balaban J connectivity index is 2.61. The van der Waals surface area contributed by atoms with Gasteiger partial charge in [-0.05, 0) is 19.3 Å². The van der Waals surface area contributed by atoms with Gasteiger partial charge in [-0.15, -0.1) is 0 Å². The van der Waals surface area contributed by atoms with Crippen LogP contribution >= 0.6 is 0 Å². The lowest BCUT2D eigenvalue weighted by Crippen LogP contribution is -2.45. The van der Waals surface area contributed by atoms with E-state index in [9.17, 15) is 9.59 Å². The fourth-order valence-electron chi connectivity index (χ4n) is 2.33. The van der Waals surface area contributed by atoms with Crippen molar-refractivity contribution in [2.24, 2.45) is 11.8 Å². The van der Waals surface area contributed by atoms with Crippen molar-refractivity contribution < 1.29 is 19.8 Å². The number of hydrogen-bond donors (Lipinski definition) is 3. The monoisotopic (exact) mass is 243 g/mol. The molecule has 0 heterocycles. The van der Waals surface area contributed by atoms with E-state index in [2.05, 4.69) is 5.32 Å². The second-order valence-electron chi connectivity index (χ2n) is 4.63. The first kappa shape index (κ1) is 14.0. The van der Waals surface area contributed by atoms with Crippen LogP contribution in [0, 0.1) is 11.8 Å². The van der Waals surface area contributed by atoms with Crippen molar-refractivity contribution in [2.45, 2.75) is 45.1 Å². The molecule has 17 heavy (non-hydrogen) atoms. The zero-order valence-electron chi connectivity index (χ0n) is 10.2. The van der Waals surface area contributed by atoms with Gasteiger partial charge in [0.2, 0.25) is 5.91 Å². The van der Waals surface area contributed by atoms with Gasteiger partial charge >= 0.3 is 5.97 Å². The Kier molecular flexibility index (Phi) is 5.41. The molecule has 98 valence electrons. The average Bonchev–Trinajstić information content (AvgIpc) is 2.35. The van der Waals surface area contributed by atoms with Crippen LogP contribution in [0.25, 0.3) is 0 Å². The Bertz CT molecular complexity index is 276. The molecule has 0 saturated heterocycles. The van der Waals surface area contributed by atoms with Gasteiger partial charge in [0.25, 0.3) is 0 Å². The molecular formula is C12H21NO4. The van der Waals surface area contributed by atoms with Gasteiger partial charge in [0.1, 0.15) is 0 Å². The Morgan fingerprint density at radius 3 is 2.35 bits per heavy atom. The molecule has 5 nitrogen and oxygen atoms in total. The number of amides is 1. The van der Waals surface area contributed by atoms with Gasteiger partial charge in [0.15, 0.2) is 0 Å². The van der Waals surface area contributed by atoms with Crippen LogP contribution in [0.4, 0.5) is 0 Å². The normalized spacial score (nSPS) is 26.2. The molecule has 1 amide bonds. The number of carbonyl (C=O) groups excluding carboxylic acids is 1. The molecule has 0 aromatic carbocycles. The largest absolute Gasteiger partial charge is 0.481 e. The number of aliphatic carboxylic acids is 1. The number of carboxylic acid groups (broad SMARTS) is 1. The molecule has 0 aromatic heterocycles. The molecule has 1 saturated carbocycles. The predicted octanol–water partition coefficient (Wildman–Crippen LogP) is 0.764. The summed E-state index contributed by atoms with van der Waals surface area (Å²) in [6.45, 7) is 1.77. The minimum absolute atomic E-state index is 0.104. The van der Waals surface area contributed by atoms with Gasteiger partial charge in [0, 0.05) is 0 Å². The van der Waals surface area contributed by atoms with E-state index in [1.165, 1.54) is 0 Å². The maximum Gasteiger partial charge on any atom is 0.307 e. The highest BCUT2D eigenvalue weighted by molar-refractivity contribution is 5.85. The molecule has 0 bridgehead atoms. The Hall–Kier alpha value is -1.10. The summed E-state index contributed by atoms with van der Waals surface area (Å²) in [6.07, 6.45) is 3.62. The van der Waals surface area contributed by atoms with Crippen molar-refractivity contribution in [3.05, 3.63) is 0 Å². The van der Waals surface area contributed by atoms with Crippen LogP contribution < -0.4 is 5.32 Å². The molecule has 0 aromatic rings. The highest BCUT2D eigenvalue weighted by Crippen LogP contribution is 2.30. The fraction of sp³-hybridized carbons (Fsp3) is 0.833. The van der Waals surface area contributed by atoms with E-state index in [1.54, 1.807) is 0 Å². The summed E-state index contributed by atoms with van der Waals surface area (Å²) in [7, 11) is 0. The number of aliphatic hydroxyl groups excluding tert-OH is 1. The van der Waals surface area contributed by atoms with Crippen LogP contribution in [0.1, 0.15) is 39.0 Å². The molecule has 0 aliphatic heterocycles. The number of carbonyl (C=O) groups is 2. The Morgan fingerprint density at radius 2 is 1.88 bits per heavy atom. The maximum absolute atomic E-state index is 12.0. The van der Waals surface area contributed by atoms with Crippen molar-refractivity contribution in [2.75, 3.05) is 6.61 Å². The number of aliphatic hydroxyl groups is 1. The molecule has 3 atom stereocenters. The molecule has 0 spiro atoms. The summed E-state index contributed by atoms with van der Waals surface area (Å²) in [5, 5.41) is 20.8. The molecule has 1 aliphatic rings. The first-order chi connectivity index (χ1) is 8.10. The Morgan fingerprint density at radius 1 is 1.29 bits per heavy atom. The predicted molar refractivity (Wildman–Crippen MR) is 62.4 cm³/mol. The third-order valence-electron chi connectivity index (χ3n) is 3.48. The topological polar surface area (TPSA) is 86.6 Å². The molecular weight excluding hydrogens is 222 g/mol. The van der Waals surface area contributed by atoms with Crippen molar-refractivity contribution in [3.63, 3.8) is 0 Å². The first-order valence-corrected chi connectivity index (χ1v) is 6.24. The van der Waals surface area contributed by atoms with Crippen LogP contribution in [0.15, 0.2) is 0 Å². The van der Waals surface area contributed by atoms with E-state index in [1.807, 2.05) is 6.92 Å². The van der Waals surface area contributed by atoms with Gasteiger partial charge in [0.05, 0.1) is 24.5 Å². The number of nitrogens with one attached hydrogen (secondary N) is 1. The van der Waals surface area contributed by atoms with Crippen LogP contribution in [0.5, 0.6) is 0 Å². The van der Waals surface area contributed by atoms with E-state index in [0.717, 1.165) is 12.8 Å². The Labute approximate surface area is 101 Å². The summed E-state index contributed by atoms with van der Waals surface area (Å²) in [5.74, 6) is -2.12. The van der Waals surface area contributed by atoms with Crippen molar-refractivity contribution in [1.29, 1.82) is 0 Å². The lowest BCUT2D eigenvalue weighted by molar-refractivity contribution is -0.149. The smallest absolute Gasteiger partial charge is 0.307 e. The highest BCUT2D eigenvalue weighted by atomic mass is 16.4. The van der Waals surface area contributed by atoms with E-state index in [-0.39, 0.29) is 18.6 Å². The van der Waals surface area contributed by atoms with E-state index < -0.39 is 17.8 Å². The maximum atomic E-state index is 12.0. The van der Waals surface area contributed by atoms with E-state index >= 15 is 0 Å². The fourth-order valence-corrected chi connectivity index (χ4v) is 2.33. The van der Waals surface area contributed by atoms with Gasteiger partial charge in [-0.3, -0.25) is 9.59 Å². The zero-order valence-corrected chi connectivity index (χ0v) is 10.2. The summed E-state index contributed by atoms with van der Waals surface area (Å²) in [4.78, 5) is 23.0. The second kappa shape index (κ2) is 6.59. The average molecular weight is 243 g/mol. The standard InChI is InChI=1S/C12H21NO4/c1-2-8(7-14)13-11(15)9-5-3-4-6-10(9)12(16)17/h8-10,14H,2-7H2,1H3,(H,13,15)(H,16,17)/t8-,9-,10+/m1/s1. The van der Waals surface area contributed by atoms with Gasteiger partial charge in [-0.1, -0.05) is 19.8 Å². The number of hydrogen-bond acceptors (Lipinski definition) is 3. The minimum atomic E-state index is -0.887. The molecule has 5 heteroatoms. The lowest BCUT2D eigenvalue weighted by atomic mass is 9.78. The summed E-state index contributed by atoms with van der Waals surface area (Å²) >= 11 is 0. The van der Waals surface area contributed by atoms with Crippen molar-refractivity contribution in [3.8, 4) is 0 Å². The quantitative estimate of drug-likeness (QED) is 0.665. The SMILES string of the molecule is CC[C@H](CO)NC(=O)[C@@H]1CCCC[C@@H]1C(=O)O. The second-order valence-corrected chi connectivity index (χ2v) is 4.63. The van der Waals surface area contributed by atoms with Crippen molar-refractivity contribution in [1.82, 2.24) is 5.32 Å². The van der Waals surface area contributed by atoms with Gasteiger partial charge < -0.3 is 15.5 Å². The highest BCUT2D eigenvalue weighted by Gasteiger charge is 2.36. The summed E-state index contributed by atoms with van der Waals surface area (Å²) < 4.78 is 0. The van der Waals surface area contributed by atoms with Crippen LogP contribution in [-0.4, -0.2) is 34.7 Å². The van der Waals surface area contributed by atoms with Crippen LogP contribution in [0.3, 0.4) is 0 Å². The summed E-state index contributed by atoms with van der Waals surface area (Å²) in [6, 6.07) is -0.265. The third kappa shape index (κ3) is 3.70. The molecule has 1 fully saturated rings. The van der Waals surface area contributed by atoms with Crippen molar-refractivity contribution >= 4 is 11.9 Å².